The number of rotatable bonds is 4. The number of hydrogen-bond donors (Lipinski definition) is 1. The molecule has 0 bridgehead atoms. The van der Waals surface area contributed by atoms with E-state index in [-0.39, 0.29) is 12.0 Å². The topological polar surface area (TPSA) is 55.6 Å². The van der Waals surface area contributed by atoms with Crippen molar-refractivity contribution >= 4 is 5.91 Å². The van der Waals surface area contributed by atoms with Gasteiger partial charge in [0.2, 0.25) is 5.91 Å². The van der Waals surface area contributed by atoms with Crippen LogP contribution in [0.4, 0.5) is 0 Å². The summed E-state index contributed by atoms with van der Waals surface area (Å²) >= 11 is 0. The van der Waals surface area contributed by atoms with Gasteiger partial charge < -0.3 is 15.4 Å². The molecule has 2 N–H and O–H groups in total. The maximum atomic E-state index is 13.0. The lowest BCUT2D eigenvalue weighted by atomic mass is 9.82. The summed E-state index contributed by atoms with van der Waals surface area (Å²) in [5, 5.41) is 0. The van der Waals surface area contributed by atoms with Gasteiger partial charge in [0.05, 0.1) is 11.5 Å². The summed E-state index contributed by atoms with van der Waals surface area (Å²) in [6.07, 6.45) is 1.83. The summed E-state index contributed by atoms with van der Waals surface area (Å²) in [5.74, 6) is 0.153. The van der Waals surface area contributed by atoms with Crippen molar-refractivity contribution < 1.29 is 9.53 Å². The van der Waals surface area contributed by atoms with Gasteiger partial charge in [0.25, 0.3) is 0 Å². The van der Waals surface area contributed by atoms with E-state index in [9.17, 15) is 4.79 Å². The van der Waals surface area contributed by atoms with Crippen molar-refractivity contribution in [2.75, 3.05) is 26.2 Å². The molecular weight excluding hydrogens is 276 g/mol. The average molecular weight is 304 g/mol. The van der Waals surface area contributed by atoms with Crippen LogP contribution in [0.5, 0.6) is 0 Å². The Kier molecular flexibility index (Phi) is 5.59. The second kappa shape index (κ2) is 7.25. The van der Waals surface area contributed by atoms with Gasteiger partial charge in [0.1, 0.15) is 0 Å². The molecule has 0 aromatic heterocycles. The van der Waals surface area contributed by atoms with Crippen molar-refractivity contribution in [3.05, 3.63) is 35.4 Å². The molecule has 1 unspecified atom stereocenters. The number of carbonyl (C=O) groups excluding carboxylic acids is 1. The number of benzene rings is 1. The van der Waals surface area contributed by atoms with Gasteiger partial charge in [-0.2, -0.15) is 0 Å². The predicted octanol–water partition coefficient (Wildman–Crippen LogP) is 2.10. The minimum absolute atomic E-state index is 0.0512. The van der Waals surface area contributed by atoms with Crippen LogP contribution in [-0.4, -0.2) is 43.2 Å². The molecule has 1 heterocycles. The largest absolute Gasteiger partial charge is 0.375 e. The molecular formula is C18H28N2O2. The Morgan fingerprint density at radius 2 is 2.05 bits per heavy atom. The SMILES string of the molecule is CCc1ccc(C(C)(C)C(=O)N2CCCOC(CN)C2)cc1. The minimum atomic E-state index is -0.532. The van der Waals surface area contributed by atoms with E-state index in [0.29, 0.717) is 19.7 Å². The first-order valence-electron chi connectivity index (χ1n) is 8.19. The van der Waals surface area contributed by atoms with Crippen molar-refractivity contribution in [2.24, 2.45) is 5.73 Å². The van der Waals surface area contributed by atoms with Gasteiger partial charge in [0.15, 0.2) is 0 Å². The Morgan fingerprint density at radius 1 is 1.36 bits per heavy atom. The first-order valence-corrected chi connectivity index (χ1v) is 8.19. The molecule has 1 aromatic carbocycles. The monoisotopic (exact) mass is 304 g/mol. The fraction of sp³-hybridized carbons (Fsp3) is 0.611. The van der Waals surface area contributed by atoms with E-state index in [0.717, 1.165) is 24.9 Å². The number of amides is 1. The molecule has 122 valence electrons. The highest BCUT2D eigenvalue weighted by atomic mass is 16.5. The summed E-state index contributed by atoms with van der Waals surface area (Å²) in [7, 11) is 0. The zero-order chi connectivity index (χ0) is 16.2. The fourth-order valence-corrected chi connectivity index (χ4v) is 2.90. The molecule has 0 spiro atoms. The smallest absolute Gasteiger partial charge is 0.232 e. The number of nitrogens with zero attached hydrogens (tertiary/aromatic N) is 1. The summed E-state index contributed by atoms with van der Waals surface area (Å²) < 4.78 is 5.66. The third-order valence-electron chi connectivity index (χ3n) is 4.52. The highest BCUT2D eigenvalue weighted by Crippen LogP contribution is 2.27. The van der Waals surface area contributed by atoms with Crippen LogP contribution in [0.1, 0.15) is 38.3 Å². The highest BCUT2D eigenvalue weighted by Gasteiger charge is 2.35. The van der Waals surface area contributed by atoms with Crippen LogP contribution in [0, 0.1) is 0 Å². The summed E-state index contributed by atoms with van der Waals surface area (Å²) in [6, 6.07) is 8.37. The van der Waals surface area contributed by atoms with Gasteiger partial charge in [-0.05, 0) is 37.8 Å². The molecule has 1 aliphatic heterocycles. The Morgan fingerprint density at radius 3 is 2.64 bits per heavy atom. The lowest BCUT2D eigenvalue weighted by Crippen LogP contribution is -2.47. The van der Waals surface area contributed by atoms with Crippen LogP contribution in [0.25, 0.3) is 0 Å². The van der Waals surface area contributed by atoms with Crippen LogP contribution in [0.15, 0.2) is 24.3 Å². The molecule has 0 saturated carbocycles. The Bertz CT molecular complexity index is 496. The second-order valence-corrected chi connectivity index (χ2v) is 6.51. The van der Waals surface area contributed by atoms with E-state index in [2.05, 4.69) is 31.2 Å². The molecule has 0 aliphatic carbocycles. The molecule has 4 nitrogen and oxygen atoms in total. The van der Waals surface area contributed by atoms with Gasteiger partial charge in [0, 0.05) is 26.2 Å². The standard InChI is InChI=1S/C18H28N2O2/c1-4-14-6-8-15(9-7-14)18(2,3)17(21)20-10-5-11-22-16(12-19)13-20/h6-9,16H,4-5,10-13,19H2,1-3H3. The molecule has 1 aliphatic rings. The Labute approximate surface area is 133 Å². The van der Waals surface area contributed by atoms with Crippen LogP contribution in [0.3, 0.4) is 0 Å². The number of nitrogens with two attached hydrogens (primary N) is 1. The van der Waals surface area contributed by atoms with Gasteiger partial charge in [-0.15, -0.1) is 0 Å². The fourth-order valence-electron chi connectivity index (χ4n) is 2.90. The van der Waals surface area contributed by atoms with Crippen molar-refractivity contribution in [1.29, 1.82) is 0 Å². The van der Waals surface area contributed by atoms with Crippen LogP contribution >= 0.6 is 0 Å². The zero-order valence-electron chi connectivity index (χ0n) is 14.0. The summed E-state index contributed by atoms with van der Waals surface area (Å²) in [4.78, 5) is 14.9. The maximum Gasteiger partial charge on any atom is 0.232 e. The molecule has 1 aromatic rings. The van der Waals surface area contributed by atoms with Crippen molar-refractivity contribution in [2.45, 2.75) is 45.1 Å². The van der Waals surface area contributed by atoms with E-state index in [1.54, 1.807) is 0 Å². The average Bonchev–Trinajstić information content (AvgIpc) is 2.79. The number of aryl methyl sites for hydroxylation is 1. The van der Waals surface area contributed by atoms with Gasteiger partial charge in [-0.25, -0.2) is 0 Å². The Balaban J connectivity index is 2.17. The molecule has 1 atom stereocenters. The molecule has 0 radical (unpaired) electrons. The Hall–Kier alpha value is -1.39. The van der Waals surface area contributed by atoms with E-state index in [4.69, 9.17) is 10.5 Å². The first kappa shape index (κ1) is 17.0. The van der Waals surface area contributed by atoms with E-state index >= 15 is 0 Å². The molecule has 1 saturated heterocycles. The molecule has 2 rings (SSSR count). The lowest BCUT2D eigenvalue weighted by Gasteiger charge is -2.32. The quantitative estimate of drug-likeness (QED) is 0.927. The predicted molar refractivity (Wildman–Crippen MR) is 88.8 cm³/mol. The van der Waals surface area contributed by atoms with E-state index in [1.165, 1.54) is 5.56 Å². The van der Waals surface area contributed by atoms with Crippen molar-refractivity contribution in [3.63, 3.8) is 0 Å². The van der Waals surface area contributed by atoms with Crippen LogP contribution in [0.2, 0.25) is 0 Å². The zero-order valence-corrected chi connectivity index (χ0v) is 14.0. The summed E-state index contributed by atoms with van der Waals surface area (Å²) in [5.41, 5.74) is 7.54. The highest BCUT2D eigenvalue weighted by molar-refractivity contribution is 5.87. The van der Waals surface area contributed by atoms with Crippen molar-refractivity contribution in [1.82, 2.24) is 4.90 Å². The second-order valence-electron chi connectivity index (χ2n) is 6.51. The number of hydrogen-bond acceptors (Lipinski definition) is 3. The normalized spacial score (nSPS) is 19.8. The van der Waals surface area contributed by atoms with Crippen LogP contribution < -0.4 is 5.73 Å². The van der Waals surface area contributed by atoms with E-state index in [1.807, 2.05) is 18.7 Å². The molecule has 22 heavy (non-hydrogen) atoms. The third kappa shape index (κ3) is 3.68. The van der Waals surface area contributed by atoms with Gasteiger partial charge >= 0.3 is 0 Å². The lowest BCUT2D eigenvalue weighted by molar-refractivity contribution is -0.137. The molecule has 1 amide bonds. The van der Waals surface area contributed by atoms with Crippen molar-refractivity contribution in [3.8, 4) is 0 Å². The number of carbonyl (C=O) groups is 1. The third-order valence-corrected chi connectivity index (χ3v) is 4.52. The maximum absolute atomic E-state index is 13.0. The van der Waals surface area contributed by atoms with Crippen LogP contribution in [-0.2, 0) is 21.4 Å². The van der Waals surface area contributed by atoms with E-state index < -0.39 is 5.41 Å². The van der Waals surface area contributed by atoms with Gasteiger partial charge in [-0.3, -0.25) is 4.79 Å². The molecule has 4 heteroatoms. The first-order chi connectivity index (χ1) is 10.5. The minimum Gasteiger partial charge on any atom is -0.375 e. The molecule has 1 fully saturated rings. The summed E-state index contributed by atoms with van der Waals surface area (Å²) in [6.45, 7) is 8.60. The van der Waals surface area contributed by atoms with Gasteiger partial charge in [-0.1, -0.05) is 31.2 Å². The number of ether oxygens (including phenoxy) is 1.